The van der Waals surface area contributed by atoms with Crippen LogP contribution in [0.2, 0.25) is 0 Å². The van der Waals surface area contributed by atoms with Crippen molar-refractivity contribution in [3.05, 3.63) is 48.0 Å². The molecule has 1 aromatic heterocycles. The van der Waals surface area contributed by atoms with E-state index in [1.54, 1.807) is 30.0 Å². The fraction of sp³-hybridized carbons (Fsp3) is 0.364. The number of amides is 2. The Morgan fingerprint density at radius 3 is 2.55 bits per heavy atom. The highest BCUT2D eigenvalue weighted by Crippen LogP contribution is 2.42. The van der Waals surface area contributed by atoms with Gasteiger partial charge >= 0.3 is 6.03 Å². The van der Waals surface area contributed by atoms with Gasteiger partial charge in [0.2, 0.25) is 10.0 Å². The summed E-state index contributed by atoms with van der Waals surface area (Å²) in [6, 6.07) is 7.08. The number of anilines is 1. The molecule has 0 bridgehead atoms. The second kappa shape index (κ2) is 7.77. The van der Waals surface area contributed by atoms with E-state index in [4.69, 9.17) is 4.52 Å². The Hall–Kier alpha value is -3.05. The summed E-state index contributed by atoms with van der Waals surface area (Å²) in [7, 11) is -3.40. The summed E-state index contributed by atoms with van der Waals surface area (Å²) in [4.78, 5) is 16.4. The number of nitrogens with one attached hydrogen (secondary N) is 1. The third kappa shape index (κ3) is 3.46. The van der Waals surface area contributed by atoms with E-state index in [0.717, 1.165) is 0 Å². The van der Waals surface area contributed by atoms with Crippen LogP contribution in [0, 0.1) is 11.6 Å². The van der Waals surface area contributed by atoms with Crippen molar-refractivity contribution in [3.8, 4) is 11.1 Å². The predicted molar refractivity (Wildman–Crippen MR) is 118 cm³/mol. The highest BCUT2D eigenvalue weighted by atomic mass is 32.2. The number of sulfonamides is 1. The smallest absolute Gasteiger partial charge is 0.326 e. The Bertz CT molecular complexity index is 1340. The molecule has 3 atom stereocenters. The molecule has 2 saturated heterocycles. The molecular weight excluding hydrogens is 454 g/mol. The molecule has 3 heterocycles. The first-order valence-electron chi connectivity index (χ1n) is 10.6. The van der Waals surface area contributed by atoms with Gasteiger partial charge in [0.1, 0.15) is 11.6 Å². The number of benzene rings is 2. The van der Waals surface area contributed by atoms with E-state index in [-0.39, 0.29) is 53.4 Å². The summed E-state index contributed by atoms with van der Waals surface area (Å²) < 4.78 is 61.2. The number of fused-ring (bicyclic) bond motifs is 2. The fourth-order valence-electron chi connectivity index (χ4n) is 4.84. The van der Waals surface area contributed by atoms with Crippen LogP contribution in [0.25, 0.3) is 22.1 Å². The molecule has 2 fully saturated rings. The van der Waals surface area contributed by atoms with E-state index in [0.29, 0.717) is 17.4 Å². The van der Waals surface area contributed by atoms with Crippen LogP contribution in [0.5, 0.6) is 0 Å². The highest BCUT2D eigenvalue weighted by molar-refractivity contribution is 7.89. The van der Waals surface area contributed by atoms with Crippen LogP contribution in [0.4, 0.5) is 19.4 Å². The van der Waals surface area contributed by atoms with Gasteiger partial charge in [-0.25, -0.2) is 26.7 Å². The van der Waals surface area contributed by atoms with E-state index >= 15 is 0 Å². The molecule has 174 valence electrons. The van der Waals surface area contributed by atoms with Crippen LogP contribution in [-0.4, -0.2) is 54.9 Å². The topological polar surface area (TPSA) is 95.7 Å². The summed E-state index contributed by atoms with van der Waals surface area (Å²) in [5.41, 5.74) is 0.312. The molecule has 3 aromatic rings. The zero-order chi connectivity index (χ0) is 23.5. The lowest BCUT2D eigenvalue weighted by Crippen LogP contribution is -2.42. The summed E-state index contributed by atoms with van der Waals surface area (Å²) in [5, 5.41) is 4.43. The predicted octanol–water partition coefficient (Wildman–Crippen LogP) is 3.48. The van der Waals surface area contributed by atoms with Crippen molar-refractivity contribution in [2.75, 3.05) is 17.2 Å². The largest absolute Gasteiger partial charge is 0.354 e. The average molecular weight is 477 g/mol. The van der Waals surface area contributed by atoms with Crippen molar-refractivity contribution < 1.29 is 26.5 Å². The average Bonchev–Trinajstić information content (AvgIpc) is 3.43. The fourth-order valence-corrected chi connectivity index (χ4v) is 5.68. The molecule has 0 saturated carbocycles. The van der Waals surface area contributed by atoms with Gasteiger partial charge in [-0.2, -0.15) is 0 Å². The van der Waals surface area contributed by atoms with E-state index < -0.39 is 21.7 Å². The van der Waals surface area contributed by atoms with Crippen LogP contribution in [0.15, 0.2) is 40.9 Å². The monoisotopic (exact) mass is 476 g/mol. The molecule has 0 aliphatic carbocycles. The van der Waals surface area contributed by atoms with Gasteiger partial charge in [-0.05, 0) is 38.5 Å². The number of aromatic nitrogens is 1. The van der Waals surface area contributed by atoms with Crippen molar-refractivity contribution >= 4 is 32.8 Å². The Morgan fingerprint density at radius 1 is 1.18 bits per heavy atom. The molecule has 0 spiro atoms. The minimum Gasteiger partial charge on any atom is -0.354 e. The molecule has 2 aromatic carbocycles. The molecule has 0 unspecified atom stereocenters. The molecule has 0 radical (unpaired) electrons. The van der Waals surface area contributed by atoms with E-state index in [1.165, 1.54) is 23.1 Å². The van der Waals surface area contributed by atoms with Gasteiger partial charge in [0.15, 0.2) is 11.4 Å². The van der Waals surface area contributed by atoms with Gasteiger partial charge in [0, 0.05) is 18.2 Å². The van der Waals surface area contributed by atoms with E-state index in [9.17, 15) is 22.0 Å². The lowest BCUT2D eigenvalue weighted by atomic mass is 9.99. The van der Waals surface area contributed by atoms with Crippen molar-refractivity contribution in [3.63, 3.8) is 0 Å². The minimum atomic E-state index is -3.40. The maximum absolute atomic E-state index is 14.6. The minimum absolute atomic E-state index is 0.0376. The van der Waals surface area contributed by atoms with Crippen LogP contribution < -0.4 is 9.62 Å². The van der Waals surface area contributed by atoms with Crippen LogP contribution in [0.1, 0.15) is 20.3 Å². The van der Waals surface area contributed by atoms with Gasteiger partial charge in [-0.15, -0.1) is 0 Å². The van der Waals surface area contributed by atoms with E-state index in [1.807, 2.05) is 6.92 Å². The lowest BCUT2D eigenvalue weighted by molar-refractivity contribution is 0.218. The molecule has 33 heavy (non-hydrogen) atoms. The number of urea groups is 1. The highest BCUT2D eigenvalue weighted by Gasteiger charge is 2.51. The molecule has 2 aliphatic heterocycles. The number of hydrogen-bond acceptors (Lipinski definition) is 5. The Kier molecular flexibility index (Phi) is 5.13. The van der Waals surface area contributed by atoms with Crippen molar-refractivity contribution in [1.29, 1.82) is 0 Å². The number of rotatable bonds is 5. The first-order chi connectivity index (χ1) is 15.7. The maximum atomic E-state index is 14.6. The molecule has 8 nitrogen and oxygen atoms in total. The van der Waals surface area contributed by atoms with Gasteiger partial charge < -0.3 is 9.42 Å². The molecule has 5 rings (SSSR count). The summed E-state index contributed by atoms with van der Waals surface area (Å²) in [6.45, 7) is 3.62. The van der Waals surface area contributed by atoms with Crippen molar-refractivity contribution in [2.24, 2.45) is 0 Å². The summed E-state index contributed by atoms with van der Waals surface area (Å²) in [6.07, 6.45) is 0.452. The number of carbonyl (C=O) groups excluding carboxylic acids is 1. The van der Waals surface area contributed by atoms with Crippen molar-refractivity contribution in [1.82, 2.24) is 14.8 Å². The number of nitrogens with zero attached hydrogens (tertiary/aromatic N) is 3. The van der Waals surface area contributed by atoms with E-state index in [2.05, 4.69) is 9.88 Å². The lowest BCUT2D eigenvalue weighted by Gasteiger charge is -2.22. The maximum Gasteiger partial charge on any atom is 0.326 e. The molecule has 2 aliphatic rings. The molecule has 1 N–H and O–H groups in total. The van der Waals surface area contributed by atoms with Gasteiger partial charge in [0.25, 0.3) is 0 Å². The first kappa shape index (κ1) is 21.8. The van der Waals surface area contributed by atoms with Gasteiger partial charge in [-0.3, -0.25) is 4.90 Å². The summed E-state index contributed by atoms with van der Waals surface area (Å²) in [5.74, 6) is -1.32. The molecular formula is C22H22F2N4O4S. The number of hydrogen-bond donors (Lipinski definition) is 1. The second-order valence-corrected chi connectivity index (χ2v) is 10.4. The summed E-state index contributed by atoms with van der Waals surface area (Å²) >= 11 is 0. The Balaban J connectivity index is 1.54. The zero-order valence-corrected chi connectivity index (χ0v) is 18.8. The Morgan fingerprint density at radius 2 is 1.88 bits per heavy atom. The van der Waals surface area contributed by atoms with Crippen LogP contribution in [0.3, 0.4) is 0 Å². The zero-order valence-electron chi connectivity index (χ0n) is 18.0. The standard InChI is InChI=1S/C22H22F2N4O4S/c1-3-33(30,31)26-13-10-17-12(2)28(22(29)27(17)11-13)21-20-14(6-4-9-18(20)32-25-21)19-15(23)7-5-8-16(19)24/h4-9,12-13,17,26H,3,10-11H2,1-2H3/t12-,13+,17+/m1/s1. The third-order valence-electron chi connectivity index (χ3n) is 6.43. The van der Waals surface area contributed by atoms with Gasteiger partial charge in [-0.1, -0.05) is 23.4 Å². The van der Waals surface area contributed by atoms with Crippen LogP contribution >= 0.6 is 0 Å². The number of halogens is 2. The SMILES string of the molecule is CCS(=O)(=O)N[C@H]1C[C@H]2[C@@H](C)N(c3noc4cccc(-c5c(F)cccc5F)c34)C(=O)N2C1. The number of carbonyl (C=O) groups is 1. The normalized spacial score (nSPS) is 23.0. The first-order valence-corrected chi connectivity index (χ1v) is 12.3. The molecule has 11 heteroatoms. The third-order valence-corrected chi connectivity index (χ3v) is 7.88. The second-order valence-electron chi connectivity index (χ2n) is 8.35. The quantitative estimate of drug-likeness (QED) is 0.608. The van der Waals surface area contributed by atoms with Gasteiger partial charge in [0.05, 0.1) is 28.8 Å². The molecule has 2 amide bonds. The van der Waals surface area contributed by atoms with Crippen molar-refractivity contribution in [2.45, 2.75) is 38.4 Å². The Labute approximate surface area is 189 Å². The van der Waals surface area contributed by atoms with Crippen LogP contribution in [-0.2, 0) is 10.0 Å².